The van der Waals surface area contributed by atoms with Crippen LogP contribution < -0.4 is 0 Å². The number of fused-ring (bicyclic) bond motifs is 1. The molecule has 1 aromatic heterocycles. The van der Waals surface area contributed by atoms with Crippen molar-refractivity contribution in [2.75, 3.05) is 6.26 Å². The number of aliphatic hydroxyl groups is 1. The van der Waals surface area contributed by atoms with Gasteiger partial charge in [0.05, 0.1) is 16.0 Å². The van der Waals surface area contributed by atoms with Gasteiger partial charge in [-0.3, -0.25) is 4.98 Å². The van der Waals surface area contributed by atoms with Gasteiger partial charge in [0.25, 0.3) is 0 Å². The van der Waals surface area contributed by atoms with E-state index in [1.54, 1.807) is 26.0 Å². The van der Waals surface area contributed by atoms with Crippen molar-refractivity contribution >= 4 is 32.4 Å². The summed E-state index contributed by atoms with van der Waals surface area (Å²) in [6.07, 6.45) is 5.17. The van der Waals surface area contributed by atoms with E-state index in [9.17, 15) is 13.5 Å². The van der Waals surface area contributed by atoms with Gasteiger partial charge in [-0.1, -0.05) is 74.5 Å². The van der Waals surface area contributed by atoms with Crippen molar-refractivity contribution in [3.63, 3.8) is 0 Å². The summed E-state index contributed by atoms with van der Waals surface area (Å²) in [5, 5.41) is 11.6. The summed E-state index contributed by atoms with van der Waals surface area (Å²) in [4.78, 5) is 5.00. The average Bonchev–Trinajstić information content (AvgIpc) is 2.94. The van der Waals surface area contributed by atoms with E-state index in [1.165, 1.54) is 11.8 Å². The average molecular weight is 562 g/mol. The first-order valence-electron chi connectivity index (χ1n) is 13.7. The van der Waals surface area contributed by atoms with Crippen LogP contribution in [0.15, 0.2) is 108 Å². The highest BCUT2D eigenvalue weighted by atomic mass is 32.2. The fourth-order valence-corrected chi connectivity index (χ4v) is 5.63. The Kier molecular flexibility index (Phi) is 7.69. The number of pyridine rings is 1. The van der Waals surface area contributed by atoms with Gasteiger partial charge in [0.15, 0.2) is 9.84 Å². The largest absolute Gasteiger partial charge is 0.386 e. The topological polar surface area (TPSA) is 67.3 Å². The van der Waals surface area contributed by atoms with E-state index in [2.05, 4.69) is 62.4 Å². The summed E-state index contributed by atoms with van der Waals surface area (Å²) in [5.74, 6) is 0.384. The molecule has 1 heterocycles. The van der Waals surface area contributed by atoms with E-state index >= 15 is 0 Å². The van der Waals surface area contributed by atoms with Crippen LogP contribution in [0.4, 0.5) is 0 Å². The van der Waals surface area contributed by atoms with Crippen LogP contribution in [0.1, 0.15) is 61.4 Å². The molecule has 0 unspecified atom stereocenters. The maximum Gasteiger partial charge on any atom is 0.175 e. The second-order valence-electron chi connectivity index (χ2n) is 11.4. The molecule has 1 N–H and O–H groups in total. The summed E-state index contributed by atoms with van der Waals surface area (Å²) in [6, 6.07) is 31.8. The summed E-state index contributed by atoms with van der Waals surface area (Å²) in [6.45, 7) is 7.93. The molecule has 0 aliphatic heterocycles. The van der Waals surface area contributed by atoms with Gasteiger partial charge < -0.3 is 5.11 Å². The molecule has 208 valence electrons. The summed E-state index contributed by atoms with van der Waals surface area (Å²) in [5.41, 5.74) is 8.09. The number of rotatable bonds is 7. The highest BCUT2D eigenvalue weighted by Crippen LogP contribution is 2.34. The van der Waals surface area contributed by atoms with Crippen LogP contribution in [0.25, 0.3) is 33.7 Å². The fraction of sp³-hybridized carbons (Fsp3) is 0.194. The van der Waals surface area contributed by atoms with Gasteiger partial charge in [-0.15, -0.1) is 0 Å². The zero-order valence-electron chi connectivity index (χ0n) is 24.1. The lowest BCUT2D eigenvalue weighted by Crippen LogP contribution is -2.15. The third-order valence-electron chi connectivity index (χ3n) is 7.40. The van der Waals surface area contributed by atoms with Crippen LogP contribution in [0, 0.1) is 0 Å². The molecule has 0 amide bonds. The number of aromatic nitrogens is 1. The van der Waals surface area contributed by atoms with Crippen molar-refractivity contribution < 1.29 is 13.5 Å². The van der Waals surface area contributed by atoms with Crippen molar-refractivity contribution in [1.82, 2.24) is 4.98 Å². The van der Waals surface area contributed by atoms with E-state index in [-0.39, 0.29) is 4.90 Å². The number of sulfone groups is 1. The van der Waals surface area contributed by atoms with Crippen molar-refractivity contribution in [2.24, 2.45) is 0 Å². The first-order chi connectivity index (χ1) is 19.4. The molecule has 5 heteroatoms. The van der Waals surface area contributed by atoms with Gasteiger partial charge in [0, 0.05) is 23.4 Å². The molecule has 0 radical (unpaired) electrons. The van der Waals surface area contributed by atoms with Gasteiger partial charge in [0.1, 0.15) is 0 Å². The molecule has 5 rings (SSSR count). The van der Waals surface area contributed by atoms with Gasteiger partial charge in [0.2, 0.25) is 0 Å². The standard InChI is InChI=1S/C36H35NO3S/c1-24(2)30-22-29-10-7-19-37-35(29)34(23-30)28-9-6-8-25(20-28)21-33(26-11-15-31(16-12-26)36(3,4)38)27-13-17-32(18-14-27)41(5,39)40/h6-24,38H,1-5H3/b33-21+. The second-order valence-corrected chi connectivity index (χ2v) is 13.4. The minimum Gasteiger partial charge on any atom is -0.386 e. The van der Waals surface area contributed by atoms with E-state index in [0.29, 0.717) is 5.92 Å². The Labute approximate surface area is 243 Å². The van der Waals surface area contributed by atoms with Crippen molar-refractivity contribution in [3.05, 3.63) is 131 Å². The maximum atomic E-state index is 12.1. The molecule has 0 spiro atoms. The summed E-state index contributed by atoms with van der Waals surface area (Å²) in [7, 11) is -3.31. The van der Waals surface area contributed by atoms with Gasteiger partial charge in [-0.25, -0.2) is 8.42 Å². The molecular weight excluding hydrogens is 526 g/mol. The molecular formula is C36H35NO3S. The predicted octanol–water partition coefficient (Wildman–Crippen LogP) is 8.25. The zero-order chi connectivity index (χ0) is 29.4. The van der Waals surface area contributed by atoms with Gasteiger partial charge >= 0.3 is 0 Å². The molecule has 41 heavy (non-hydrogen) atoms. The SMILES string of the molecule is CC(C)c1cc(-c2cccc(/C=C(\c3ccc(C(C)(C)O)cc3)c3ccc(S(C)(=O)=O)cc3)c2)c2ncccc2c1. The molecule has 4 nitrogen and oxygen atoms in total. The molecule has 0 saturated carbocycles. The molecule has 0 fully saturated rings. The van der Waals surface area contributed by atoms with E-state index in [0.717, 1.165) is 49.9 Å². The van der Waals surface area contributed by atoms with Crippen LogP contribution in [0.3, 0.4) is 0 Å². The van der Waals surface area contributed by atoms with Crippen LogP contribution in [-0.4, -0.2) is 24.8 Å². The van der Waals surface area contributed by atoms with Crippen molar-refractivity contribution in [2.45, 2.75) is 44.1 Å². The lowest BCUT2D eigenvalue weighted by atomic mass is 9.91. The fourth-order valence-electron chi connectivity index (χ4n) is 5.00. The monoisotopic (exact) mass is 561 g/mol. The number of nitrogens with zero attached hydrogens (tertiary/aromatic N) is 1. The maximum absolute atomic E-state index is 12.1. The Bertz CT molecular complexity index is 1840. The first kappa shape index (κ1) is 28.5. The Morgan fingerprint density at radius 1 is 0.854 bits per heavy atom. The van der Waals surface area contributed by atoms with E-state index in [1.807, 2.05) is 48.7 Å². The predicted molar refractivity (Wildman–Crippen MR) is 169 cm³/mol. The Hall–Kier alpha value is -4.06. The number of hydrogen-bond donors (Lipinski definition) is 1. The van der Waals surface area contributed by atoms with Crippen LogP contribution in [0.5, 0.6) is 0 Å². The Balaban J connectivity index is 1.66. The molecule has 0 aliphatic carbocycles. The molecule has 5 aromatic rings. The normalized spacial score (nSPS) is 12.7. The molecule has 0 atom stereocenters. The Morgan fingerprint density at radius 3 is 2.12 bits per heavy atom. The van der Waals surface area contributed by atoms with Crippen LogP contribution in [0.2, 0.25) is 0 Å². The molecule has 0 saturated heterocycles. The van der Waals surface area contributed by atoms with Crippen molar-refractivity contribution in [1.29, 1.82) is 0 Å². The molecule has 4 aromatic carbocycles. The third kappa shape index (κ3) is 6.32. The zero-order valence-corrected chi connectivity index (χ0v) is 24.9. The minimum absolute atomic E-state index is 0.282. The van der Waals surface area contributed by atoms with Gasteiger partial charge in [-0.05, 0) is 101 Å². The van der Waals surface area contributed by atoms with Gasteiger partial charge in [-0.2, -0.15) is 0 Å². The minimum atomic E-state index is -3.31. The quantitative estimate of drug-likeness (QED) is 0.203. The molecule has 0 bridgehead atoms. The number of benzene rings is 4. The molecule has 0 aliphatic rings. The smallest absolute Gasteiger partial charge is 0.175 e. The Morgan fingerprint density at radius 2 is 1.51 bits per heavy atom. The lowest BCUT2D eigenvalue weighted by Gasteiger charge is -2.18. The summed E-state index contributed by atoms with van der Waals surface area (Å²) < 4.78 is 24.2. The third-order valence-corrected chi connectivity index (χ3v) is 8.53. The number of hydrogen-bond acceptors (Lipinski definition) is 4. The van der Waals surface area contributed by atoms with Crippen molar-refractivity contribution in [3.8, 4) is 11.1 Å². The van der Waals surface area contributed by atoms with E-state index in [4.69, 9.17) is 4.98 Å². The van der Waals surface area contributed by atoms with Crippen LogP contribution >= 0.6 is 0 Å². The lowest BCUT2D eigenvalue weighted by molar-refractivity contribution is 0.0786. The highest BCUT2D eigenvalue weighted by Gasteiger charge is 2.17. The first-order valence-corrected chi connectivity index (χ1v) is 15.6. The second kappa shape index (κ2) is 11.1. The van der Waals surface area contributed by atoms with E-state index < -0.39 is 15.4 Å². The summed E-state index contributed by atoms with van der Waals surface area (Å²) >= 11 is 0. The highest BCUT2D eigenvalue weighted by molar-refractivity contribution is 7.90. The van der Waals surface area contributed by atoms with Crippen LogP contribution in [-0.2, 0) is 15.4 Å².